The molecule has 0 bridgehead atoms. The Morgan fingerprint density at radius 3 is 2.68 bits per heavy atom. The SMILES string of the molecule is CC1(Oc2cc(C(=O)Nc3ccnc(C(F)(F)F)c3)ncn2)COC1. The molecule has 3 heterocycles. The van der Waals surface area contributed by atoms with Crippen molar-refractivity contribution in [2.75, 3.05) is 18.5 Å². The van der Waals surface area contributed by atoms with Crippen molar-refractivity contribution >= 4 is 11.6 Å². The van der Waals surface area contributed by atoms with Crippen LogP contribution in [0.15, 0.2) is 30.7 Å². The van der Waals surface area contributed by atoms with E-state index in [1.165, 1.54) is 12.1 Å². The number of anilines is 1. The first kappa shape index (κ1) is 17.1. The van der Waals surface area contributed by atoms with E-state index in [9.17, 15) is 18.0 Å². The quantitative estimate of drug-likeness (QED) is 0.907. The zero-order valence-electron chi connectivity index (χ0n) is 13.0. The number of nitrogens with one attached hydrogen (secondary N) is 1. The van der Waals surface area contributed by atoms with Gasteiger partial charge in [0.05, 0.1) is 13.2 Å². The molecular weight excluding hydrogens is 341 g/mol. The Morgan fingerprint density at radius 1 is 1.28 bits per heavy atom. The third-order valence-corrected chi connectivity index (χ3v) is 3.35. The number of nitrogens with zero attached hydrogens (tertiary/aromatic N) is 3. The highest BCUT2D eigenvalue weighted by molar-refractivity contribution is 6.02. The molecule has 1 fully saturated rings. The zero-order valence-corrected chi connectivity index (χ0v) is 13.0. The number of amides is 1. The van der Waals surface area contributed by atoms with Crippen LogP contribution in [0.2, 0.25) is 0 Å². The van der Waals surface area contributed by atoms with Gasteiger partial charge in [-0.1, -0.05) is 0 Å². The number of hydrogen-bond acceptors (Lipinski definition) is 6. The summed E-state index contributed by atoms with van der Waals surface area (Å²) in [7, 11) is 0. The van der Waals surface area contributed by atoms with Crippen molar-refractivity contribution < 1.29 is 27.4 Å². The molecule has 0 spiro atoms. The van der Waals surface area contributed by atoms with E-state index >= 15 is 0 Å². The Kier molecular flexibility index (Phi) is 4.29. The molecule has 1 aliphatic rings. The number of halogens is 3. The van der Waals surface area contributed by atoms with Crippen LogP contribution in [0, 0.1) is 0 Å². The maximum Gasteiger partial charge on any atom is 0.433 e. The number of hydrogen-bond donors (Lipinski definition) is 1. The van der Waals surface area contributed by atoms with Crippen LogP contribution in [0.3, 0.4) is 0 Å². The lowest BCUT2D eigenvalue weighted by atomic mass is 10.1. The van der Waals surface area contributed by atoms with E-state index in [4.69, 9.17) is 9.47 Å². The summed E-state index contributed by atoms with van der Waals surface area (Å²) in [5.74, 6) is -0.516. The van der Waals surface area contributed by atoms with E-state index in [0.29, 0.717) is 13.2 Å². The molecule has 0 saturated carbocycles. The van der Waals surface area contributed by atoms with Gasteiger partial charge in [-0.25, -0.2) is 9.97 Å². The van der Waals surface area contributed by atoms with Gasteiger partial charge in [0, 0.05) is 18.0 Å². The maximum absolute atomic E-state index is 12.7. The van der Waals surface area contributed by atoms with Crippen molar-refractivity contribution in [1.29, 1.82) is 0 Å². The van der Waals surface area contributed by atoms with Crippen LogP contribution >= 0.6 is 0 Å². The predicted octanol–water partition coefficient (Wildman–Crippen LogP) is 2.31. The second-order valence-corrected chi connectivity index (χ2v) is 5.67. The van der Waals surface area contributed by atoms with Crippen molar-refractivity contribution in [2.24, 2.45) is 0 Å². The van der Waals surface area contributed by atoms with Gasteiger partial charge in [0.15, 0.2) is 5.60 Å². The summed E-state index contributed by atoms with van der Waals surface area (Å²) < 4.78 is 48.7. The minimum absolute atomic E-state index is 0.0424. The van der Waals surface area contributed by atoms with Gasteiger partial charge < -0.3 is 14.8 Å². The van der Waals surface area contributed by atoms with Crippen LogP contribution < -0.4 is 10.1 Å². The molecule has 0 unspecified atom stereocenters. The van der Waals surface area contributed by atoms with Gasteiger partial charge >= 0.3 is 6.18 Å². The fourth-order valence-corrected chi connectivity index (χ4v) is 2.08. The molecule has 0 atom stereocenters. The summed E-state index contributed by atoms with van der Waals surface area (Å²) in [5, 5.41) is 2.34. The average Bonchev–Trinajstić information content (AvgIpc) is 2.53. The largest absolute Gasteiger partial charge is 0.466 e. The average molecular weight is 354 g/mol. The lowest BCUT2D eigenvalue weighted by Crippen LogP contribution is -2.51. The minimum atomic E-state index is -4.60. The topological polar surface area (TPSA) is 86.2 Å². The van der Waals surface area contributed by atoms with E-state index in [-0.39, 0.29) is 17.3 Å². The standard InChI is InChI=1S/C15H13F3N4O3/c1-14(6-24-7-14)25-12-5-10(20-8-21-12)13(23)22-9-2-3-19-11(4-9)15(16,17)18/h2-5,8H,6-7H2,1H3,(H,19,22,23). The van der Waals surface area contributed by atoms with Gasteiger partial charge in [-0.3, -0.25) is 9.78 Å². The van der Waals surface area contributed by atoms with Crippen LogP contribution in [0.4, 0.5) is 18.9 Å². The van der Waals surface area contributed by atoms with Crippen LogP contribution in [0.5, 0.6) is 5.88 Å². The van der Waals surface area contributed by atoms with Gasteiger partial charge in [-0.05, 0) is 19.1 Å². The fourth-order valence-electron chi connectivity index (χ4n) is 2.08. The van der Waals surface area contributed by atoms with Crippen LogP contribution in [-0.2, 0) is 10.9 Å². The Bertz CT molecular complexity index is 794. The summed E-state index contributed by atoms with van der Waals surface area (Å²) in [5.41, 5.74) is -1.71. The highest BCUT2D eigenvalue weighted by Crippen LogP contribution is 2.29. The number of pyridine rings is 1. The van der Waals surface area contributed by atoms with Gasteiger partial charge in [0.25, 0.3) is 5.91 Å². The van der Waals surface area contributed by atoms with E-state index in [1.807, 2.05) is 6.92 Å². The van der Waals surface area contributed by atoms with Crippen molar-refractivity contribution in [3.05, 3.63) is 42.1 Å². The molecule has 0 aromatic carbocycles. The first-order valence-electron chi connectivity index (χ1n) is 7.19. The Balaban J connectivity index is 1.73. The molecule has 132 valence electrons. The molecule has 25 heavy (non-hydrogen) atoms. The van der Waals surface area contributed by atoms with E-state index in [1.54, 1.807) is 0 Å². The summed E-state index contributed by atoms with van der Waals surface area (Å²) >= 11 is 0. The summed E-state index contributed by atoms with van der Waals surface area (Å²) in [6.07, 6.45) is -2.50. The molecule has 0 aliphatic carbocycles. The first-order valence-corrected chi connectivity index (χ1v) is 7.19. The van der Waals surface area contributed by atoms with E-state index in [0.717, 1.165) is 18.6 Å². The summed E-state index contributed by atoms with van der Waals surface area (Å²) in [6.45, 7) is 2.62. The van der Waals surface area contributed by atoms with Crippen LogP contribution in [0.25, 0.3) is 0 Å². The maximum atomic E-state index is 12.7. The first-order chi connectivity index (χ1) is 11.8. The smallest absolute Gasteiger partial charge is 0.433 e. The molecule has 0 radical (unpaired) electrons. The van der Waals surface area contributed by atoms with Gasteiger partial charge in [0.2, 0.25) is 5.88 Å². The lowest BCUT2D eigenvalue weighted by Gasteiger charge is -2.37. The van der Waals surface area contributed by atoms with Crippen molar-refractivity contribution in [3.8, 4) is 5.88 Å². The Morgan fingerprint density at radius 2 is 2.04 bits per heavy atom. The normalized spacial score (nSPS) is 16.0. The molecule has 1 saturated heterocycles. The lowest BCUT2D eigenvalue weighted by molar-refractivity contribution is -0.151. The molecule has 7 nitrogen and oxygen atoms in total. The summed E-state index contributed by atoms with van der Waals surface area (Å²) in [6, 6.07) is 3.30. The molecular formula is C15H13F3N4O3. The Hall–Kier alpha value is -2.75. The number of alkyl halides is 3. The van der Waals surface area contributed by atoms with Crippen molar-refractivity contribution in [1.82, 2.24) is 15.0 Å². The van der Waals surface area contributed by atoms with Gasteiger partial charge in [-0.2, -0.15) is 13.2 Å². The summed E-state index contributed by atoms with van der Waals surface area (Å²) in [4.78, 5) is 23.1. The predicted molar refractivity (Wildman–Crippen MR) is 79.1 cm³/mol. The molecule has 2 aromatic heterocycles. The molecule has 10 heteroatoms. The van der Waals surface area contributed by atoms with Crippen molar-refractivity contribution in [2.45, 2.75) is 18.7 Å². The van der Waals surface area contributed by atoms with Gasteiger partial charge in [-0.15, -0.1) is 0 Å². The molecule has 2 aromatic rings. The van der Waals surface area contributed by atoms with Crippen LogP contribution in [0.1, 0.15) is 23.1 Å². The van der Waals surface area contributed by atoms with E-state index < -0.39 is 23.4 Å². The minimum Gasteiger partial charge on any atom is -0.466 e. The Labute approximate surface area is 140 Å². The highest BCUT2D eigenvalue weighted by atomic mass is 19.4. The van der Waals surface area contributed by atoms with Crippen LogP contribution in [-0.4, -0.2) is 39.7 Å². The second-order valence-electron chi connectivity index (χ2n) is 5.67. The van der Waals surface area contributed by atoms with E-state index in [2.05, 4.69) is 20.3 Å². The monoisotopic (exact) mass is 354 g/mol. The highest BCUT2D eigenvalue weighted by Gasteiger charge is 2.36. The number of rotatable bonds is 4. The molecule has 1 N–H and O–H groups in total. The van der Waals surface area contributed by atoms with Crippen molar-refractivity contribution in [3.63, 3.8) is 0 Å². The molecule has 3 rings (SSSR count). The third kappa shape index (κ3) is 4.02. The van der Waals surface area contributed by atoms with Gasteiger partial charge in [0.1, 0.15) is 17.7 Å². The number of ether oxygens (including phenoxy) is 2. The number of carbonyl (C=O) groups is 1. The third-order valence-electron chi connectivity index (χ3n) is 3.35. The number of aromatic nitrogens is 3. The molecule has 1 aliphatic heterocycles. The zero-order chi connectivity index (χ0) is 18.1. The number of carbonyl (C=O) groups excluding carboxylic acids is 1. The fraction of sp³-hybridized carbons (Fsp3) is 0.333. The second kappa shape index (κ2) is 6.28. The molecule has 1 amide bonds.